The number of likely N-dealkylation sites (tertiary alicyclic amines) is 1. The fourth-order valence-corrected chi connectivity index (χ4v) is 5.40. The third kappa shape index (κ3) is 5.75. The van der Waals surface area contributed by atoms with Gasteiger partial charge in [0.25, 0.3) is 0 Å². The molecular formula is C27H33Cl2N5O2. The van der Waals surface area contributed by atoms with Crippen LogP contribution in [0.15, 0.2) is 66.9 Å². The largest absolute Gasteiger partial charge is 0.351 e. The van der Waals surface area contributed by atoms with Crippen molar-refractivity contribution in [2.24, 2.45) is 5.73 Å². The second kappa shape index (κ2) is 12.4. The smallest absolute Gasteiger partial charge is 0.243 e. The lowest BCUT2D eigenvalue weighted by Gasteiger charge is -2.32. The molecule has 36 heavy (non-hydrogen) atoms. The van der Waals surface area contributed by atoms with Gasteiger partial charge in [0, 0.05) is 24.2 Å². The van der Waals surface area contributed by atoms with Gasteiger partial charge in [-0.1, -0.05) is 60.7 Å². The number of nitrogens with zero attached hydrogens (tertiary/aromatic N) is 2. The van der Waals surface area contributed by atoms with Gasteiger partial charge in [0.2, 0.25) is 11.8 Å². The predicted octanol–water partition coefficient (Wildman–Crippen LogP) is 3.38. The van der Waals surface area contributed by atoms with Gasteiger partial charge in [-0.3, -0.25) is 14.7 Å². The molecule has 0 radical (unpaired) electrons. The highest BCUT2D eigenvalue weighted by molar-refractivity contribution is 5.91. The van der Waals surface area contributed by atoms with Gasteiger partial charge in [-0.2, -0.15) is 5.10 Å². The maximum absolute atomic E-state index is 13.7. The van der Waals surface area contributed by atoms with E-state index in [4.69, 9.17) is 5.73 Å². The molecule has 1 aliphatic carbocycles. The lowest BCUT2D eigenvalue weighted by Crippen LogP contribution is -2.54. The fourth-order valence-electron chi connectivity index (χ4n) is 5.40. The van der Waals surface area contributed by atoms with Gasteiger partial charge >= 0.3 is 0 Å². The Kier molecular flexibility index (Phi) is 9.54. The Balaban J connectivity index is 0.00000180. The number of aryl methyl sites for hydroxylation is 1. The third-order valence-electron chi connectivity index (χ3n) is 7.16. The molecule has 9 heteroatoms. The SMILES string of the molecule is Cl.Cl.N[C@@H](C(=O)N1CCC[C@H]1C(=O)NC1CCc2[nH]ncc2C1)C(c1ccccc1)c1ccccc1. The first-order valence-corrected chi connectivity index (χ1v) is 12.1. The summed E-state index contributed by atoms with van der Waals surface area (Å²) < 4.78 is 0. The van der Waals surface area contributed by atoms with Gasteiger partial charge < -0.3 is 16.0 Å². The Morgan fingerprint density at radius 1 is 1.00 bits per heavy atom. The van der Waals surface area contributed by atoms with Crippen LogP contribution >= 0.6 is 24.8 Å². The standard InChI is InChI=1S/C27H31N5O2.2ClH/c28-25(24(18-8-3-1-4-9-18)19-10-5-2-6-11-19)27(34)32-15-7-12-23(32)26(33)30-21-13-14-22-20(16-21)17-29-31-22;;/h1-6,8-11,17,21,23-25H,7,12-16,28H2,(H,29,31)(H,30,33);2*1H/t21?,23-,25+;;/m0../s1. The number of benzene rings is 2. The number of aromatic nitrogens is 2. The Labute approximate surface area is 224 Å². The van der Waals surface area contributed by atoms with Crippen LogP contribution in [0.4, 0.5) is 0 Å². The number of fused-ring (bicyclic) bond motifs is 1. The Bertz CT molecular complexity index is 1100. The van der Waals surface area contributed by atoms with Crippen LogP contribution in [0.1, 0.15) is 47.6 Å². The van der Waals surface area contributed by atoms with Crippen LogP contribution in [0.25, 0.3) is 0 Å². The number of aromatic amines is 1. The van der Waals surface area contributed by atoms with Crippen LogP contribution in [-0.4, -0.2) is 51.6 Å². The summed E-state index contributed by atoms with van der Waals surface area (Å²) in [4.78, 5) is 28.6. The van der Waals surface area contributed by atoms with Crippen LogP contribution in [0, 0.1) is 0 Å². The molecule has 2 aliphatic rings. The Morgan fingerprint density at radius 3 is 2.28 bits per heavy atom. The number of rotatable bonds is 6. The van der Waals surface area contributed by atoms with E-state index in [1.54, 1.807) is 4.90 Å². The number of amides is 2. The maximum Gasteiger partial charge on any atom is 0.243 e. The number of carbonyl (C=O) groups is 2. The molecule has 0 saturated carbocycles. The van der Waals surface area contributed by atoms with Crippen LogP contribution in [0.2, 0.25) is 0 Å². The van der Waals surface area contributed by atoms with Crippen molar-refractivity contribution in [3.05, 3.63) is 89.2 Å². The lowest BCUT2D eigenvalue weighted by atomic mass is 9.84. The molecule has 2 aromatic carbocycles. The molecule has 1 fully saturated rings. The molecular weight excluding hydrogens is 497 g/mol. The van der Waals surface area contributed by atoms with Gasteiger partial charge in [0.05, 0.1) is 12.2 Å². The van der Waals surface area contributed by atoms with Crippen LogP contribution < -0.4 is 11.1 Å². The van der Waals surface area contributed by atoms with Gasteiger partial charge in [0.1, 0.15) is 6.04 Å². The van der Waals surface area contributed by atoms with Crippen molar-refractivity contribution in [1.82, 2.24) is 20.4 Å². The number of carbonyl (C=O) groups excluding carboxylic acids is 2. The first-order valence-electron chi connectivity index (χ1n) is 12.1. The summed E-state index contributed by atoms with van der Waals surface area (Å²) in [5.74, 6) is -0.529. The van der Waals surface area contributed by atoms with Gasteiger partial charge in [-0.15, -0.1) is 24.8 Å². The molecule has 1 aromatic heterocycles. The van der Waals surface area contributed by atoms with E-state index in [1.165, 1.54) is 0 Å². The second-order valence-electron chi connectivity index (χ2n) is 9.34. The summed E-state index contributed by atoms with van der Waals surface area (Å²) in [7, 11) is 0. The maximum atomic E-state index is 13.7. The molecule has 7 nitrogen and oxygen atoms in total. The van der Waals surface area contributed by atoms with Gasteiger partial charge in [-0.05, 0) is 48.8 Å². The highest BCUT2D eigenvalue weighted by Gasteiger charge is 2.39. The van der Waals surface area contributed by atoms with Crippen molar-refractivity contribution in [2.75, 3.05) is 6.54 Å². The molecule has 5 rings (SSSR count). The summed E-state index contributed by atoms with van der Waals surface area (Å²) >= 11 is 0. The van der Waals surface area contributed by atoms with Gasteiger partial charge in [0.15, 0.2) is 0 Å². The van der Waals surface area contributed by atoms with E-state index in [0.717, 1.165) is 48.1 Å². The number of H-pyrrole nitrogens is 1. The Hall–Kier alpha value is -2.87. The molecule has 2 heterocycles. The second-order valence-corrected chi connectivity index (χ2v) is 9.34. The van der Waals surface area contributed by atoms with Crippen LogP contribution in [-0.2, 0) is 22.4 Å². The van der Waals surface area contributed by atoms with Crippen molar-refractivity contribution >= 4 is 36.6 Å². The third-order valence-corrected chi connectivity index (χ3v) is 7.16. The summed E-state index contributed by atoms with van der Waals surface area (Å²) in [6.45, 7) is 0.553. The first-order chi connectivity index (χ1) is 16.6. The van der Waals surface area contributed by atoms with Crippen molar-refractivity contribution in [3.8, 4) is 0 Å². The topological polar surface area (TPSA) is 104 Å². The number of halogens is 2. The van der Waals surface area contributed by atoms with Gasteiger partial charge in [-0.25, -0.2) is 0 Å². The molecule has 192 valence electrons. The number of nitrogens with two attached hydrogens (primary N) is 1. The zero-order valence-corrected chi connectivity index (χ0v) is 21.6. The molecule has 4 N–H and O–H groups in total. The average molecular weight is 531 g/mol. The molecule has 0 spiro atoms. The molecule has 1 aliphatic heterocycles. The number of hydrogen-bond donors (Lipinski definition) is 3. The van der Waals surface area contributed by atoms with E-state index in [1.807, 2.05) is 66.9 Å². The summed E-state index contributed by atoms with van der Waals surface area (Å²) in [6.07, 6.45) is 5.80. The van der Waals surface area contributed by atoms with E-state index in [0.29, 0.717) is 13.0 Å². The van der Waals surface area contributed by atoms with Crippen molar-refractivity contribution in [1.29, 1.82) is 0 Å². The number of nitrogens with one attached hydrogen (secondary N) is 2. The number of hydrogen-bond acceptors (Lipinski definition) is 4. The first kappa shape index (κ1) is 27.7. The van der Waals surface area contributed by atoms with E-state index in [2.05, 4.69) is 15.5 Å². The van der Waals surface area contributed by atoms with Crippen molar-refractivity contribution in [2.45, 2.75) is 56.1 Å². The summed E-state index contributed by atoms with van der Waals surface area (Å²) in [5, 5.41) is 10.3. The highest BCUT2D eigenvalue weighted by atomic mass is 35.5. The van der Waals surface area contributed by atoms with E-state index < -0.39 is 12.1 Å². The minimum atomic E-state index is -0.777. The summed E-state index contributed by atoms with van der Waals surface area (Å²) in [5.41, 5.74) is 11.0. The molecule has 1 saturated heterocycles. The zero-order valence-electron chi connectivity index (χ0n) is 20.0. The van der Waals surface area contributed by atoms with Crippen LogP contribution in [0.3, 0.4) is 0 Å². The average Bonchev–Trinajstić information content (AvgIpc) is 3.54. The van der Waals surface area contributed by atoms with Crippen molar-refractivity contribution < 1.29 is 9.59 Å². The molecule has 1 unspecified atom stereocenters. The predicted molar refractivity (Wildman–Crippen MR) is 144 cm³/mol. The normalized spacial score (nSPS) is 19.6. The van der Waals surface area contributed by atoms with E-state index in [9.17, 15) is 9.59 Å². The Morgan fingerprint density at radius 2 is 1.64 bits per heavy atom. The molecule has 2 amide bonds. The molecule has 0 bridgehead atoms. The quantitative estimate of drug-likeness (QED) is 0.455. The van der Waals surface area contributed by atoms with Crippen molar-refractivity contribution in [3.63, 3.8) is 0 Å². The highest BCUT2D eigenvalue weighted by Crippen LogP contribution is 2.30. The monoisotopic (exact) mass is 529 g/mol. The minimum Gasteiger partial charge on any atom is -0.351 e. The minimum absolute atomic E-state index is 0. The van der Waals surface area contributed by atoms with E-state index in [-0.39, 0.29) is 48.6 Å². The fraction of sp³-hybridized carbons (Fsp3) is 0.370. The zero-order chi connectivity index (χ0) is 23.5. The summed E-state index contributed by atoms with van der Waals surface area (Å²) in [6, 6.07) is 18.6. The van der Waals surface area contributed by atoms with E-state index >= 15 is 0 Å². The lowest BCUT2D eigenvalue weighted by molar-refractivity contribution is -0.140. The molecule has 3 aromatic rings. The molecule has 3 atom stereocenters. The van der Waals surface area contributed by atoms with Crippen LogP contribution in [0.5, 0.6) is 0 Å².